The van der Waals surface area contributed by atoms with Gasteiger partial charge in [0, 0.05) is 61.8 Å². The number of aromatic nitrogens is 3. The summed E-state index contributed by atoms with van der Waals surface area (Å²) in [4.78, 5) is 32.4. The fraction of sp³-hybridized carbons (Fsp3) is 0.450. The van der Waals surface area contributed by atoms with E-state index in [4.69, 9.17) is 16.1 Å². The first kappa shape index (κ1) is 35.1. The number of unbranched alkanes of at least 4 members (excludes halogenated alkanes) is 1. The highest BCUT2D eigenvalue weighted by Gasteiger charge is 2.49. The number of fused-ring (bicyclic) bond motifs is 5. The van der Waals surface area contributed by atoms with Crippen molar-refractivity contribution in [1.29, 1.82) is 0 Å². The number of amides is 1. The van der Waals surface area contributed by atoms with Crippen LogP contribution in [0.5, 0.6) is 11.8 Å². The van der Waals surface area contributed by atoms with Crippen LogP contribution in [0.2, 0.25) is 0 Å². The lowest BCUT2D eigenvalue weighted by Gasteiger charge is -2.42. The highest BCUT2D eigenvalue weighted by atomic mass is 19.1. The van der Waals surface area contributed by atoms with Crippen LogP contribution in [0.4, 0.5) is 19.0 Å². The summed E-state index contributed by atoms with van der Waals surface area (Å²) in [5.41, 5.74) is -0.580. The van der Waals surface area contributed by atoms with Gasteiger partial charge in [-0.3, -0.25) is 19.6 Å². The van der Waals surface area contributed by atoms with Crippen molar-refractivity contribution in [3.8, 4) is 35.4 Å². The summed E-state index contributed by atoms with van der Waals surface area (Å²) < 4.78 is 52.9. The predicted octanol–water partition coefficient (Wildman–Crippen LogP) is 5.50. The van der Waals surface area contributed by atoms with Gasteiger partial charge in [-0.2, -0.15) is 9.97 Å². The van der Waals surface area contributed by atoms with Crippen molar-refractivity contribution in [2.75, 3.05) is 50.8 Å². The molecule has 10 nitrogen and oxygen atoms in total. The number of hydrogen-bond acceptors (Lipinski definition) is 9. The van der Waals surface area contributed by atoms with Crippen molar-refractivity contribution >= 4 is 33.4 Å². The third kappa shape index (κ3) is 6.42. The number of carbonyl (C=O) groups excluding carboxylic acids is 1. The van der Waals surface area contributed by atoms with Gasteiger partial charge in [-0.15, -0.1) is 6.42 Å². The fourth-order valence-corrected chi connectivity index (χ4v) is 9.15. The van der Waals surface area contributed by atoms with Crippen LogP contribution in [0.1, 0.15) is 50.5 Å². The van der Waals surface area contributed by atoms with E-state index in [0.29, 0.717) is 49.2 Å². The largest absolute Gasteiger partial charge is 0.508 e. The molecule has 2 aromatic heterocycles. The summed E-state index contributed by atoms with van der Waals surface area (Å²) in [5.74, 6) is 1.11. The molecule has 2 bridgehead atoms. The van der Waals surface area contributed by atoms with Crippen molar-refractivity contribution in [2.24, 2.45) is 0 Å². The zero-order chi connectivity index (χ0) is 36.9. The molecule has 6 heterocycles. The minimum atomic E-state index is -0.939. The molecule has 8 rings (SSSR count). The van der Waals surface area contributed by atoms with Gasteiger partial charge < -0.3 is 20.1 Å². The van der Waals surface area contributed by atoms with Crippen LogP contribution in [0.3, 0.4) is 0 Å². The molecule has 1 amide bonds. The zero-order valence-corrected chi connectivity index (χ0v) is 29.5. The number of pyridine rings is 1. The van der Waals surface area contributed by atoms with E-state index in [1.807, 2.05) is 0 Å². The first-order chi connectivity index (χ1) is 25.7. The molecule has 4 aliphatic rings. The molecule has 13 heteroatoms. The minimum Gasteiger partial charge on any atom is -0.508 e. The summed E-state index contributed by atoms with van der Waals surface area (Å²) >= 11 is 0. The Bertz CT molecular complexity index is 2130. The van der Waals surface area contributed by atoms with E-state index in [1.165, 1.54) is 36.5 Å². The van der Waals surface area contributed by atoms with Gasteiger partial charge in [-0.05, 0) is 81.3 Å². The molecule has 4 atom stereocenters. The molecular weight excluding hydrogens is 683 g/mol. The maximum absolute atomic E-state index is 17.0. The molecule has 0 aliphatic carbocycles. The Morgan fingerprint density at radius 3 is 2.75 bits per heavy atom. The number of rotatable bonds is 11. The molecule has 0 radical (unpaired) electrons. The molecule has 4 saturated heterocycles. The van der Waals surface area contributed by atoms with Crippen molar-refractivity contribution in [2.45, 2.75) is 68.7 Å². The third-order valence-corrected chi connectivity index (χ3v) is 11.6. The number of carbonyl (C=O) groups is 1. The third-order valence-electron chi connectivity index (χ3n) is 11.6. The lowest BCUT2D eigenvalue weighted by Crippen LogP contribution is -2.54. The van der Waals surface area contributed by atoms with Crippen molar-refractivity contribution in [3.05, 3.63) is 60.3 Å². The highest BCUT2D eigenvalue weighted by Crippen LogP contribution is 2.42. The summed E-state index contributed by atoms with van der Waals surface area (Å²) in [6, 6.07) is 5.95. The Labute approximate surface area is 306 Å². The quantitative estimate of drug-likeness (QED) is 0.118. The van der Waals surface area contributed by atoms with Crippen LogP contribution in [-0.2, 0) is 4.79 Å². The topological polar surface area (TPSA) is 107 Å². The molecule has 4 aromatic rings. The van der Waals surface area contributed by atoms with Gasteiger partial charge >= 0.3 is 6.01 Å². The van der Waals surface area contributed by atoms with E-state index >= 15 is 4.39 Å². The summed E-state index contributed by atoms with van der Waals surface area (Å²) in [5, 5.41) is 14.5. The minimum absolute atomic E-state index is 0.0143. The summed E-state index contributed by atoms with van der Waals surface area (Å²) in [7, 11) is 0. The number of anilines is 1. The molecule has 0 saturated carbocycles. The Kier molecular flexibility index (Phi) is 9.37. The number of halogens is 3. The molecule has 276 valence electrons. The molecular formula is C40H42F3N7O3. The maximum atomic E-state index is 17.0. The van der Waals surface area contributed by atoms with Crippen LogP contribution in [0.15, 0.2) is 43.1 Å². The SMILES string of the molecule is C#Cc1c(F)ccc2cc(O)cc(-c3ncc4c(N5CC6CCC(C5)N6CCCCNC(=O)C=C)nc(OC[C@@]56CCCN5C[C@H](F)C6)nc4c3F)c12. The van der Waals surface area contributed by atoms with E-state index < -0.39 is 23.3 Å². The molecule has 2 unspecified atom stereocenters. The average Bonchev–Trinajstić information content (AvgIpc) is 3.75. The van der Waals surface area contributed by atoms with Crippen molar-refractivity contribution in [1.82, 2.24) is 30.1 Å². The smallest absolute Gasteiger partial charge is 0.319 e. The molecule has 2 aromatic carbocycles. The Balaban J connectivity index is 1.15. The normalized spacial score (nSPS) is 24.1. The Morgan fingerprint density at radius 1 is 1.17 bits per heavy atom. The summed E-state index contributed by atoms with van der Waals surface area (Å²) in [6.07, 6.45) is 13.5. The van der Waals surface area contributed by atoms with Gasteiger partial charge in [0.25, 0.3) is 0 Å². The van der Waals surface area contributed by atoms with Gasteiger partial charge in [0.2, 0.25) is 5.91 Å². The number of phenols is 1. The average molecular weight is 726 g/mol. The van der Waals surface area contributed by atoms with Gasteiger partial charge in [-0.1, -0.05) is 18.6 Å². The molecule has 4 aliphatic heterocycles. The number of hydrogen-bond donors (Lipinski definition) is 2. The molecule has 4 fully saturated rings. The van der Waals surface area contributed by atoms with Crippen LogP contribution >= 0.6 is 0 Å². The zero-order valence-electron chi connectivity index (χ0n) is 29.5. The Hall–Kier alpha value is -4.93. The first-order valence-electron chi connectivity index (χ1n) is 18.4. The van der Waals surface area contributed by atoms with E-state index in [-0.39, 0.29) is 64.1 Å². The maximum Gasteiger partial charge on any atom is 0.319 e. The lowest BCUT2D eigenvalue weighted by atomic mass is 9.95. The monoisotopic (exact) mass is 725 g/mol. The van der Waals surface area contributed by atoms with Gasteiger partial charge in [0.05, 0.1) is 16.5 Å². The first-order valence-corrected chi connectivity index (χ1v) is 18.4. The van der Waals surface area contributed by atoms with Crippen molar-refractivity contribution < 1.29 is 27.8 Å². The number of ether oxygens (including phenoxy) is 1. The summed E-state index contributed by atoms with van der Waals surface area (Å²) in [6.45, 7) is 7.64. The second-order valence-electron chi connectivity index (χ2n) is 14.8. The van der Waals surface area contributed by atoms with Gasteiger partial charge in [0.15, 0.2) is 5.82 Å². The van der Waals surface area contributed by atoms with Crippen LogP contribution in [-0.4, -0.2) is 105 Å². The van der Waals surface area contributed by atoms with Crippen LogP contribution < -0.4 is 15.0 Å². The highest BCUT2D eigenvalue weighted by molar-refractivity contribution is 6.03. The van der Waals surface area contributed by atoms with E-state index in [9.17, 15) is 18.7 Å². The fourth-order valence-electron chi connectivity index (χ4n) is 9.15. The lowest BCUT2D eigenvalue weighted by molar-refractivity contribution is -0.116. The van der Waals surface area contributed by atoms with Gasteiger partial charge in [0.1, 0.15) is 41.4 Å². The van der Waals surface area contributed by atoms with Crippen LogP contribution in [0, 0.1) is 24.0 Å². The van der Waals surface area contributed by atoms with Crippen molar-refractivity contribution in [3.63, 3.8) is 0 Å². The van der Waals surface area contributed by atoms with Gasteiger partial charge in [-0.25, -0.2) is 13.2 Å². The number of piperazine rings is 1. The number of phenolic OH excluding ortho intramolecular Hbond substituents is 1. The Morgan fingerprint density at radius 2 is 1.98 bits per heavy atom. The number of aromatic hydroxyl groups is 1. The van der Waals surface area contributed by atoms with E-state index in [0.717, 1.165) is 51.6 Å². The standard InChI is InChI=1S/C40H42F3N7O3/c1-3-29-32(42)11-8-24-16-28(51)17-30(34(24)29)36-35(43)37-31(19-45-36)38(47-39(46-37)53-23-40-12-7-14-49(40)20-25(41)18-40)48-21-26-9-10-27(22-48)50(26)15-6-5-13-44-33(52)4-2/h1,4,8,11,16-17,19,25-27,51H,2,5-7,9-10,12-15,18,20-23H2,(H,44,52)/t25-,26?,27?,40+/m1/s1. The van der Waals surface area contributed by atoms with E-state index in [1.54, 1.807) is 0 Å². The van der Waals surface area contributed by atoms with Crippen LogP contribution in [0.25, 0.3) is 32.9 Å². The predicted molar refractivity (Wildman–Crippen MR) is 197 cm³/mol. The number of alkyl halides is 1. The number of terminal acetylenes is 1. The van der Waals surface area contributed by atoms with E-state index in [2.05, 4.69) is 42.5 Å². The number of benzene rings is 2. The number of nitrogens with one attached hydrogen (secondary N) is 1. The second kappa shape index (κ2) is 14.1. The second-order valence-corrected chi connectivity index (χ2v) is 14.8. The number of nitrogens with zero attached hydrogens (tertiary/aromatic N) is 6. The molecule has 53 heavy (non-hydrogen) atoms. The molecule has 2 N–H and O–H groups in total. The molecule has 0 spiro atoms.